The molecule has 3 aromatic rings. The topological polar surface area (TPSA) is 29.3 Å². The predicted octanol–water partition coefficient (Wildman–Crippen LogP) is 4.63. The standard InChI is InChI=1S/C16H15BrN2O/c1-10-4-7-15-13(8-10)18-16(20-15)11-5-6-14(19(2)3)12(17)9-11/h4-9H,1-3H3. The molecule has 0 N–H and O–H groups in total. The van der Waals surface area contributed by atoms with Gasteiger partial charge in [-0.1, -0.05) is 6.07 Å². The van der Waals surface area contributed by atoms with Crippen LogP contribution in [0.1, 0.15) is 5.56 Å². The minimum Gasteiger partial charge on any atom is -0.436 e. The van der Waals surface area contributed by atoms with Gasteiger partial charge in [0, 0.05) is 24.1 Å². The molecule has 1 heterocycles. The highest BCUT2D eigenvalue weighted by molar-refractivity contribution is 9.10. The number of fused-ring (bicyclic) bond motifs is 1. The summed E-state index contributed by atoms with van der Waals surface area (Å²) < 4.78 is 6.85. The van der Waals surface area contributed by atoms with E-state index in [2.05, 4.69) is 38.8 Å². The van der Waals surface area contributed by atoms with Crippen molar-refractivity contribution in [3.63, 3.8) is 0 Å². The Morgan fingerprint density at radius 1 is 1.10 bits per heavy atom. The van der Waals surface area contributed by atoms with Crippen molar-refractivity contribution >= 4 is 32.7 Å². The van der Waals surface area contributed by atoms with Gasteiger partial charge < -0.3 is 9.32 Å². The van der Waals surface area contributed by atoms with Gasteiger partial charge in [-0.3, -0.25) is 0 Å². The second-order valence-corrected chi connectivity index (χ2v) is 5.91. The molecule has 2 aromatic carbocycles. The third-order valence-corrected chi connectivity index (χ3v) is 3.85. The highest BCUT2D eigenvalue weighted by Crippen LogP contribution is 2.31. The fourth-order valence-electron chi connectivity index (χ4n) is 2.16. The van der Waals surface area contributed by atoms with Crippen molar-refractivity contribution in [2.75, 3.05) is 19.0 Å². The van der Waals surface area contributed by atoms with Crippen LogP contribution in [0.5, 0.6) is 0 Å². The smallest absolute Gasteiger partial charge is 0.227 e. The monoisotopic (exact) mass is 330 g/mol. The zero-order chi connectivity index (χ0) is 14.3. The van der Waals surface area contributed by atoms with E-state index in [4.69, 9.17) is 4.42 Å². The van der Waals surface area contributed by atoms with Gasteiger partial charge in [-0.2, -0.15) is 0 Å². The summed E-state index contributed by atoms with van der Waals surface area (Å²) >= 11 is 3.59. The molecule has 102 valence electrons. The Morgan fingerprint density at radius 3 is 2.60 bits per heavy atom. The number of halogens is 1. The van der Waals surface area contributed by atoms with Crippen LogP contribution in [0.25, 0.3) is 22.6 Å². The second-order valence-electron chi connectivity index (χ2n) is 5.05. The average Bonchev–Trinajstić information content (AvgIpc) is 2.81. The van der Waals surface area contributed by atoms with Gasteiger partial charge in [0.1, 0.15) is 5.52 Å². The number of hydrogen-bond acceptors (Lipinski definition) is 3. The molecule has 0 spiro atoms. The van der Waals surface area contributed by atoms with E-state index in [1.54, 1.807) is 0 Å². The number of nitrogens with zero attached hydrogens (tertiary/aromatic N) is 2. The number of rotatable bonds is 2. The molecule has 1 aromatic heterocycles. The maximum atomic E-state index is 5.82. The van der Waals surface area contributed by atoms with Gasteiger partial charge in [0.05, 0.1) is 5.69 Å². The summed E-state index contributed by atoms with van der Waals surface area (Å²) in [5.41, 5.74) is 4.99. The lowest BCUT2D eigenvalue weighted by Crippen LogP contribution is -2.09. The van der Waals surface area contributed by atoms with Crippen molar-refractivity contribution in [3.8, 4) is 11.5 Å². The third-order valence-electron chi connectivity index (χ3n) is 3.22. The Labute approximate surface area is 126 Å². The fraction of sp³-hybridized carbons (Fsp3) is 0.188. The van der Waals surface area contributed by atoms with Crippen LogP contribution in [-0.2, 0) is 0 Å². The Morgan fingerprint density at radius 2 is 1.90 bits per heavy atom. The van der Waals surface area contributed by atoms with Crippen LogP contribution in [0.4, 0.5) is 5.69 Å². The minimum atomic E-state index is 0.650. The Balaban J connectivity index is 2.08. The van der Waals surface area contributed by atoms with Gasteiger partial charge in [0.2, 0.25) is 5.89 Å². The first-order chi connectivity index (χ1) is 9.54. The average molecular weight is 331 g/mol. The van der Waals surface area contributed by atoms with Crippen LogP contribution in [0.15, 0.2) is 45.3 Å². The van der Waals surface area contributed by atoms with E-state index < -0.39 is 0 Å². The Kier molecular flexibility index (Phi) is 3.26. The van der Waals surface area contributed by atoms with E-state index in [1.807, 2.05) is 44.4 Å². The molecule has 0 fully saturated rings. The zero-order valence-corrected chi connectivity index (χ0v) is 13.2. The molecule has 0 aliphatic rings. The van der Waals surface area contributed by atoms with Crippen LogP contribution >= 0.6 is 15.9 Å². The normalized spacial score (nSPS) is 11.0. The molecule has 0 saturated carbocycles. The van der Waals surface area contributed by atoms with Gasteiger partial charge >= 0.3 is 0 Å². The molecule has 0 aliphatic carbocycles. The lowest BCUT2D eigenvalue weighted by Gasteiger charge is -2.14. The van der Waals surface area contributed by atoms with E-state index in [0.29, 0.717) is 5.89 Å². The third kappa shape index (κ3) is 2.31. The number of aromatic nitrogens is 1. The van der Waals surface area contributed by atoms with Crippen LogP contribution in [-0.4, -0.2) is 19.1 Å². The molecule has 0 amide bonds. The van der Waals surface area contributed by atoms with Gasteiger partial charge in [0.15, 0.2) is 5.58 Å². The highest BCUT2D eigenvalue weighted by atomic mass is 79.9. The SMILES string of the molecule is Cc1ccc2oc(-c3ccc(N(C)C)c(Br)c3)nc2c1. The number of hydrogen-bond donors (Lipinski definition) is 0. The molecule has 20 heavy (non-hydrogen) atoms. The lowest BCUT2D eigenvalue weighted by molar-refractivity contribution is 0.620. The summed E-state index contributed by atoms with van der Waals surface area (Å²) in [6.45, 7) is 2.05. The molecule has 0 atom stereocenters. The summed E-state index contributed by atoms with van der Waals surface area (Å²) in [4.78, 5) is 6.62. The van der Waals surface area contributed by atoms with Gasteiger partial charge in [-0.05, 0) is 58.7 Å². The zero-order valence-electron chi connectivity index (χ0n) is 11.6. The predicted molar refractivity (Wildman–Crippen MR) is 86.2 cm³/mol. The van der Waals surface area contributed by atoms with E-state index in [0.717, 1.165) is 26.8 Å². The van der Waals surface area contributed by atoms with Crippen molar-refractivity contribution in [2.24, 2.45) is 0 Å². The first-order valence-electron chi connectivity index (χ1n) is 6.39. The van der Waals surface area contributed by atoms with Crippen molar-refractivity contribution < 1.29 is 4.42 Å². The van der Waals surface area contributed by atoms with Crippen LogP contribution in [0, 0.1) is 6.92 Å². The molecule has 0 unspecified atom stereocenters. The maximum absolute atomic E-state index is 5.82. The molecule has 0 aliphatic heterocycles. The summed E-state index contributed by atoms with van der Waals surface area (Å²) in [5.74, 6) is 0.650. The lowest BCUT2D eigenvalue weighted by atomic mass is 10.2. The number of anilines is 1. The summed E-state index contributed by atoms with van der Waals surface area (Å²) in [5, 5.41) is 0. The first kappa shape index (κ1) is 13.2. The Hall–Kier alpha value is -1.81. The molecular formula is C16H15BrN2O. The van der Waals surface area contributed by atoms with Crippen LogP contribution in [0.3, 0.4) is 0 Å². The maximum Gasteiger partial charge on any atom is 0.227 e. The number of benzene rings is 2. The molecule has 3 rings (SSSR count). The van der Waals surface area contributed by atoms with Crippen LogP contribution < -0.4 is 4.90 Å². The molecule has 0 saturated heterocycles. The minimum absolute atomic E-state index is 0.650. The van der Waals surface area contributed by atoms with Gasteiger partial charge in [0.25, 0.3) is 0 Å². The van der Waals surface area contributed by atoms with Crippen LogP contribution in [0.2, 0.25) is 0 Å². The quantitative estimate of drug-likeness (QED) is 0.685. The van der Waals surface area contributed by atoms with Crippen molar-refractivity contribution in [2.45, 2.75) is 6.92 Å². The highest BCUT2D eigenvalue weighted by Gasteiger charge is 2.10. The largest absolute Gasteiger partial charge is 0.436 e. The van der Waals surface area contributed by atoms with Crippen molar-refractivity contribution in [1.82, 2.24) is 4.98 Å². The van der Waals surface area contributed by atoms with Gasteiger partial charge in [-0.15, -0.1) is 0 Å². The van der Waals surface area contributed by atoms with Crippen molar-refractivity contribution in [1.29, 1.82) is 0 Å². The van der Waals surface area contributed by atoms with E-state index in [-0.39, 0.29) is 0 Å². The second kappa shape index (κ2) is 4.94. The number of oxazole rings is 1. The number of aryl methyl sites for hydroxylation is 1. The van der Waals surface area contributed by atoms with E-state index in [1.165, 1.54) is 5.56 Å². The summed E-state index contributed by atoms with van der Waals surface area (Å²) in [7, 11) is 4.03. The summed E-state index contributed by atoms with van der Waals surface area (Å²) in [6.07, 6.45) is 0. The summed E-state index contributed by atoms with van der Waals surface area (Å²) in [6, 6.07) is 12.1. The molecule has 0 bridgehead atoms. The van der Waals surface area contributed by atoms with E-state index >= 15 is 0 Å². The van der Waals surface area contributed by atoms with Gasteiger partial charge in [-0.25, -0.2) is 4.98 Å². The molecule has 0 radical (unpaired) electrons. The molecular weight excluding hydrogens is 316 g/mol. The molecule has 4 heteroatoms. The molecule has 3 nitrogen and oxygen atoms in total. The van der Waals surface area contributed by atoms with E-state index in [9.17, 15) is 0 Å². The fourth-order valence-corrected chi connectivity index (χ4v) is 2.90. The van der Waals surface area contributed by atoms with Crippen molar-refractivity contribution in [3.05, 3.63) is 46.4 Å². The Bertz CT molecular complexity index is 777. The first-order valence-corrected chi connectivity index (χ1v) is 7.18.